The molecule has 102 valence electrons. The summed E-state index contributed by atoms with van der Waals surface area (Å²) in [6.45, 7) is 0. The molecule has 0 saturated heterocycles. The number of aromatic nitrogens is 1. The van der Waals surface area contributed by atoms with E-state index in [2.05, 4.69) is 30.3 Å². The van der Waals surface area contributed by atoms with Gasteiger partial charge in [0, 0.05) is 12.1 Å². The molecular formula is C17H19N3. The fourth-order valence-corrected chi connectivity index (χ4v) is 3.65. The van der Waals surface area contributed by atoms with Gasteiger partial charge in [-0.25, -0.2) is 0 Å². The topological polar surface area (TPSA) is 64.9 Å². The molecule has 0 radical (unpaired) electrons. The highest BCUT2D eigenvalue weighted by atomic mass is 14.9. The smallest absolute Gasteiger partial charge is 0.0613 e. The normalized spacial score (nSPS) is 23.7. The Hall–Kier alpha value is -1.71. The summed E-state index contributed by atoms with van der Waals surface area (Å²) in [5.41, 5.74) is 20.0. The van der Waals surface area contributed by atoms with E-state index in [4.69, 9.17) is 16.5 Å². The van der Waals surface area contributed by atoms with E-state index in [9.17, 15) is 0 Å². The van der Waals surface area contributed by atoms with Gasteiger partial charge in [-0.15, -0.1) is 0 Å². The number of benzene rings is 1. The summed E-state index contributed by atoms with van der Waals surface area (Å²) >= 11 is 0. The van der Waals surface area contributed by atoms with Crippen molar-refractivity contribution in [2.24, 2.45) is 11.5 Å². The molecule has 0 spiro atoms. The molecule has 1 heterocycles. The predicted octanol–water partition coefficient (Wildman–Crippen LogP) is 2.64. The second kappa shape index (κ2) is 4.40. The molecule has 4 N–H and O–H groups in total. The van der Waals surface area contributed by atoms with Gasteiger partial charge in [0.25, 0.3) is 0 Å². The first kappa shape index (κ1) is 12.1. The lowest BCUT2D eigenvalue weighted by Gasteiger charge is -2.16. The molecule has 2 aliphatic rings. The lowest BCUT2D eigenvalue weighted by atomic mass is 9.93. The minimum atomic E-state index is 0.0746. The summed E-state index contributed by atoms with van der Waals surface area (Å²) in [5, 5.41) is 0. The molecule has 1 aromatic carbocycles. The monoisotopic (exact) mass is 265 g/mol. The van der Waals surface area contributed by atoms with Gasteiger partial charge >= 0.3 is 0 Å². The predicted molar refractivity (Wildman–Crippen MR) is 80.2 cm³/mol. The second-order valence-corrected chi connectivity index (χ2v) is 5.87. The molecule has 0 saturated carbocycles. The largest absolute Gasteiger partial charge is 0.323 e. The molecule has 3 heteroatoms. The molecule has 0 amide bonds. The minimum Gasteiger partial charge on any atom is -0.323 e. The maximum Gasteiger partial charge on any atom is 0.0613 e. The Bertz CT molecular complexity index is 627. The molecule has 3 nitrogen and oxygen atoms in total. The van der Waals surface area contributed by atoms with Gasteiger partial charge in [-0.05, 0) is 47.9 Å². The zero-order valence-corrected chi connectivity index (χ0v) is 11.5. The van der Waals surface area contributed by atoms with Crippen molar-refractivity contribution in [1.29, 1.82) is 0 Å². The molecule has 20 heavy (non-hydrogen) atoms. The van der Waals surface area contributed by atoms with Gasteiger partial charge in [0.2, 0.25) is 0 Å². The van der Waals surface area contributed by atoms with Crippen LogP contribution in [0.5, 0.6) is 0 Å². The molecule has 2 aromatic rings. The third kappa shape index (κ3) is 1.63. The van der Waals surface area contributed by atoms with E-state index in [1.807, 2.05) is 0 Å². The molecule has 0 unspecified atom stereocenters. The van der Waals surface area contributed by atoms with Crippen LogP contribution in [-0.2, 0) is 12.8 Å². The zero-order chi connectivity index (χ0) is 13.7. The third-order valence-electron chi connectivity index (χ3n) is 4.64. The van der Waals surface area contributed by atoms with Crippen LogP contribution in [0, 0.1) is 0 Å². The quantitative estimate of drug-likeness (QED) is 0.833. The van der Waals surface area contributed by atoms with Crippen molar-refractivity contribution in [3.8, 4) is 11.1 Å². The minimum absolute atomic E-state index is 0.0746. The number of nitrogens with zero attached hydrogens (tertiary/aromatic N) is 1. The van der Waals surface area contributed by atoms with Crippen LogP contribution in [0.4, 0.5) is 0 Å². The SMILES string of the molecule is N[C@H]1CCc2c1nc1c(c2-c2ccccc2)CC[C@@H]1N. The molecular weight excluding hydrogens is 246 g/mol. The van der Waals surface area contributed by atoms with Crippen LogP contribution in [0.2, 0.25) is 0 Å². The molecule has 4 rings (SSSR count). The van der Waals surface area contributed by atoms with Crippen molar-refractivity contribution >= 4 is 0 Å². The van der Waals surface area contributed by atoms with Crippen molar-refractivity contribution in [3.05, 3.63) is 52.8 Å². The highest BCUT2D eigenvalue weighted by molar-refractivity contribution is 5.74. The maximum absolute atomic E-state index is 6.23. The summed E-state index contributed by atoms with van der Waals surface area (Å²) in [6.07, 6.45) is 4.08. The summed E-state index contributed by atoms with van der Waals surface area (Å²) in [6, 6.07) is 10.8. The van der Waals surface area contributed by atoms with Crippen LogP contribution in [0.3, 0.4) is 0 Å². The van der Waals surface area contributed by atoms with Crippen LogP contribution < -0.4 is 11.5 Å². The van der Waals surface area contributed by atoms with Crippen LogP contribution in [-0.4, -0.2) is 4.98 Å². The lowest BCUT2D eigenvalue weighted by Crippen LogP contribution is -2.13. The first-order valence-electron chi connectivity index (χ1n) is 7.38. The Morgan fingerprint density at radius 1 is 0.850 bits per heavy atom. The van der Waals surface area contributed by atoms with Gasteiger partial charge in [0.1, 0.15) is 0 Å². The molecule has 2 aliphatic carbocycles. The Balaban J connectivity index is 2.02. The average Bonchev–Trinajstić information content (AvgIpc) is 3.03. The van der Waals surface area contributed by atoms with Crippen molar-refractivity contribution in [2.45, 2.75) is 37.8 Å². The standard InChI is InChI=1S/C17H19N3/c18-13-8-6-11-15(10-4-2-1-3-5-10)12-7-9-14(19)17(12)20-16(11)13/h1-5,13-14H,6-9,18-19H2/t13-,14-/m0/s1. The number of nitrogens with two attached hydrogens (primary N) is 2. The van der Waals surface area contributed by atoms with Crippen LogP contribution in [0.25, 0.3) is 11.1 Å². The Morgan fingerprint density at radius 2 is 1.40 bits per heavy atom. The number of rotatable bonds is 1. The number of hydrogen-bond donors (Lipinski definition) is 2. The van der Waals surface area contributed by atoms with Gasteiger partial charge in [-0.3, -0.25) is 4.98 Å². The van der Waals surface area contributed by atoms with Crippen LogP contribution in [0.1, 0.15) is 47.4 Å². The van der Waals surface area contributed by atoms with E-state index >= 15 is 0 Å². The first-order valence-corrected chi connectivity index (χ1v) is 7.38. The number of hydrogen-bond acceptors (Lipinski definition) is 3. The third-order valence-corrected chi connectivity index (χ3v) is 4.64. The molecule has 2 atom stereocenters. The molecule has 0 fully saturated rings. The van der Waals surface area contributed by atoms with Crippen molar-refractivity contribution in [2.75, 3.05) is 0 Å². The average molecular weight is 265 g/mol. The first-order chi connectivity index (χ1) is 9.75. The summed E-state index contributed by atoms with van der Waals surface area (Å²) in [4.78, 5) is 4.83. The van der Waals surface area contributed by atoms with Crippen molar-refractivity contribution in [1.82, 2.24) is 4.98 Å². The van der Waals surface area contributed by atoms with Crippen molar-refractivity contribution in [3.63, 3.8) is 0 Å². The Kier molecular flexibility index (Phi) is 2.65. The van der Waals surface area contributed by atoms with Gasteiger partial charge < -0.3 is 11.5 Å². The second-order valence-electron chi connectivity index (χ2n) is 5.87. The molecule has 0 aliphatic heterocycles. The fourth-order valence-electron chi connectivity index (χ4n) is 3.65. The van der Waals surface area contributed by atoms with E-state index in [0.29, 0.717) is 0 Å². The maximum atomic E-state index is 6.23. The highest BCUT2D eigenvalue weighted by Gasteiger charge is 2.32. The highest BCUT2D eigenvalue weighted by Crippen LogP contribution is 2.43. The number of pyridine rings is 1. The van der Waals surface area contributed by atoms with Gasteiger partial charge in [0.15, 0.2) is 0 Å². The van der Waals surface area contributed by atoms with Gasteiger partial charge in [-0.2, -0.15) is 0 Å². The summed E-state index contributed by atoms with van der Waals surface area (Å²) < 4.78 is 0. The summed E-state index contributed by atoms with van der Waals surface area (Å²) in [5.74, 6) is 0. The van der Waals surface area contributed by atoms with E-state index in [1.165, 1.54) is 22.3 Å². The van der Waals surface area contributed by atoms with E-state index in [1.54, 1.807) is 0 Å². The van der Waals surface area contributed by atoms with Crippen LogP contribution in [0.15, 0.2) is 30.3 Å². The van der Waals surface area contributed by atoms with E-state index in [-0.39, 0.29) is 12.1 Å². The fraction of sp³-hybridized carbons (Fsp3) is 0.353. The number of fused-ring (bicyclic) bond motifs is 2. The van der Waals surface area contributed by atoms with Gasteiger partial charge in [0.05, 0.1) is 11.4 Å². The summed E-state index contributed by atoms with van der Waals surface area (Å²) in [7, 11) is 0. The molecule has 0 bridgehead atoms. The van der Waals surface area contributed by atoms with Crippen molar-refractivity contribution < 1.29 is 0 Å². The molecule has 1 aromatic heterocycles. The van der Waals surface area contributed by atoms with Crippen LogP contribution >= 0.6 is 0 Å². The zero-order valence-electron chi connectivity index (χ0n) is 11.5. The Labute approximate surface area is 119 Å². The lowest BCUT2D eigenvalue weighted by molar-refractivity contribution is 0.670. The van der Waals surface area contributed by atoms with E-state index < -0.39 is 0 Å². The van der Waals surface area contributed by atoms with E-state index in [0.717, 1.165) is 37.1 Å². The van der Waals surface area contributed by atoms with Gasteiger partial charge in [-0.1, -0.05) is 30.3 Å². The Morgan fingerprint density at radius 3 is 1.95 bits per heavy atom.